The van der Waals surface area contributed by atoms with Gasteiger partial charge in [-0.1, -0.05) is 41.2 Å². The second-order valence-electron chi connectivity index (χ2n) is 9.58. The first kappa shape index (κ1) is 14.5. The van der Waals surface area contributed by atoms with Crippen LogP contribution >= 0.6 is 0 Å². The van der Waals surface area contributed by atoms with Crippen molar-refractivity contribution in [2.75, 3.05) is 0 Å². The van der Waals surface area contributed by atoms with Crippen molar-refractivity contribution >= 4 is 0 Å². The van der Waals surface area contributed by atoms with Crippen molar-refractivity contribution in [1.82, 2.24) is 0 Å². The van der Waals surface area contributed by atoms with Crippen LogP contribution in [0.25, 0.3) is 0 Å². The average Bonchev–Trinajstić information content (AvgIpc) is 2.22. The molecule has 4 aliphatic rings. The Morgan fingerprint density at radius 2 is 1.65 bits per heavy atom. The first-order valence-corrected chi connectivity index (χ1v) is 8.48. The zero-order chi connectivity index (χ0) is 14.8. The van der Waals surface area contributed by atoms with Gasteiger partial charge in [-0.15, -0.1) is 0 Å². The summed E-state index contributed by atoms with van der Waals surface area (Å²) in [4.78, 5) is 0. The lowest BCUT2D eigenvalue weighted by Crippen LogP contribution is -2.59. The highest BCUT2D eigenvalue weighted by molar-refractivity contribution is 5.14. The van der Waals surface area contributed by atoms with Gasteiger partial charge in [0.15, 0.2) is 0 Å². The van der Waals surface area contributed by atoms with Crippen molar-refractivity contribution in [3.05, 3.63) is 12.3 Å². The predicted molar refractivity (Wildman–Crippen MR) is 84.4 cm³/mol. The minimum Gasteiger partial charge on any atom is -0.492 e. The SMILES string of the molecule is C=C(OC12CC3CC(C)(CC(C)(C3)C1)C2)C(C)(C)CC. The van der Waals surface area contributed by atoms with Crippen molar-refractivity contribution in [3.63, 3.8) is 0 Å². The fourth-order valence-electron chi connectivity index (χ4n) is 6.05. The Morgan fingerprint density at radius 3 is 2.10 bits per heavy atom. The van der Waals surface area contributed by atoms with Gasteiger partial charge in [-0.25, -0.2) is 0 Å². The molecule has 0 saturated heterocycles. The molecule has 4 fully saturated rings. The van der Waals surface area contributed by atoms with E-state index in [-0.39, 0.29) is 11.0 Å². The molecule has 4 saturated carbocycles. The summed E-state index contributed by atoms with van der Waals surface area (Å²) < 4.78 is 6.64. The first-order chi connectivity index (χ1) is 9.10. The molecule has 4 aliphatic carbocycles. The molecule has 0 N–H and O–H groups in total. The third kappa shape index (κ3) is 2.22. The standard InChI is InChI=1S/C19H32O/c1-7-16(3,4)14(2)20-19-10-15-8-17(5,12-19)11-18(6,9-15)13-19/h15H,2,7-13H2,1,3-6H3. The van der Waals surface area contributed by atoms with Crippen LogP contribution in [0.5, 0.6) is 0 Å². The van der Waals surface area contributed by atoms with E-state index in [9.17, 15) is 0 Å². The van der Waals surface area contributed by atoms with E-state index in [1.807, 2.05) is 0 Å². The second kappa shape index (κ2) is 4.05. The molecule has 0 aromatic heterocycles. The number of hydrogen-bond donors (Lipinski definition) is 0. The number of hydrogen-bond acceptors (Lipinski definition) is 1. The summed E-state index contributed by atoms with van der Waals surface area (Å²) in [6.07, 6.45) is 9.15. The molecular weight excluding hydrogens is 244 g/mol. The minimum absolute atomic E-state index is 0.102. The van der Waals surface area contributed by atoms with Crippen molar-refractivity contribution in [1.29, 1.82) is 0 Å². The second-order valence-corrected chi connectivity index (χ2v) is 9.58. The summed E-state index contributed by atoms with van der Waals surface area (Å²) in [5.41, 5.74) is 1.24. The summed E-state index contributed by atoms with van der Waals surface area (Å²) in [5, 5.41) is 0. The molecule has 0 amide bonds. The molecule has 4 bridgehead atoms. The van der Waals surface area contributed by atoms with E-state index in [2.05, 4.69) is 41.2 Å². The zero-order valence-corrected chi connectivity index (χ0v) is 14.1. The minimum atomic E-state index is 0.102. The average molecular weight is 276 g/mol. The quantitative estimate of drug-likeness (QED) is 0.598. The molecule has 0 heterocycles. The maximum atomic E-state index is 6.64. The van der Waals surface area contributed by atoms with Crippen LogP contribution in [-0.4, -0.2) is 5.60 Å². The van der Waals surface area contributed by atoms with Gasteiger partial charge in [0.1, 0.15) is 5.60 Å². The van der Waals surface area contributed by atoms with Gasteiger partial charge in [0.2, 0.25) is 0 Å². The highest BCUT2D eigenvalue weighted by Gasteiger charge is 2.61. The summed E-state index contributed by atoms with van der Waals surface area (Å²) >= 11 is 0. The fourth-order valence-corrected chi connectivity index (χ4v) is 6.05. The van der Waals surface area contributed by atoms with Crippen LogP contribution in [0.15, 0.2) is 12.3 Å². The Bertz CT molecular complexity index is 415. The molecule has 0 aromatic rings. The highest BCUT2D eigenvalue weighted by atomic mass is 16.5. The maximum Gasteiger partial charge on any atom is 0.110 e. The molecule has 2 unspecified atom stereocenters. The predicted octanol–water partition coefficient (Wildman–Crippen LogP) is 5.70. The number of allylic oxidation sites excluding steroid dienone is 1. The van der Waals surface area contributed by atoms with Crippen LogP contribution in [0.4, 0.5) is 0 Å². The molecule has 1 nitrogen and oxygen atoms in total. The van der Waals surface area contributed by atoms with E-state index in [0.717, 1.165) is 18.1 Å². The van der Waals surface area contributed by atoms with Gasteiger partial charge in [0.25, 0.3) is 0 Å². The van der Waals surface area contributed by atoms with Gasteiger partial charge >= 0.3 is 0 Å². The summed E-state index contributed by atoms with van der Waals surface area (Å²) in [7, 11) is 0. The van der Waals surface area contributed by atoms with Crippen LogP contribution in [0.3, 0.4) is 0 Å². The Morgan fingerprint density at radius 1 is 1.10 bits per heavy atom. The molecule has 0 aliphatic heterocycles. The normalized spacial score (nSPS) is 46.5. The highest BCUT2D eigenvalue weighted by Crippen LogP contribution is 2.67. The Kier molecular flexibility index (Phi) is 2.93. The zero-order valence-electron chi connectivity index (χ0n) is 14.1. The van der Waals surface area contributed by atoms with Crippen molar-refractivity contribution < 1.29 is 4.74 Å². The van der Waals surface area contributed by atoms with Crippen LogP contribution in [0, 0.1) is 22.2 Å². The molecule has 20 heavy (non-hydrogen) atoms. The lowest BCUT2D eigenvalue weighted by atomic mass is 9.43. The van der Waals surface area contributed by atoms with Gasteiger partial charge in [0, 0.05) is 5.41 Å². The smallest absolute Gasteiger partial charge is 0.110 e. The molecule has 0 radical (unpaired) electrons. The Labute approximate surface area is 125 Å². The third-order valence-corrected chi connectivity index (χ3v) is 6.55. The monoisotopic (exact) mass is 276 g/mol. The lowest BCUT2D eigenvalue weighted by Gasteiger charge is -2.65. The van der Waals surface area contributed by atoms with Crippen molar-refractivity contribution in [3.8, 4) is 0 Å². The molecule has 114 valence electrons. The molecule has 0 spiro atoms. The van der Waals surface area contributed by atoms with E-state index >= 15 is 0 Å². The van der Waals surface area contributed by atoms with E-state index in [0.29, 0.717) is 10.8 Å². The molecule has 4 rings (SSSR count). The van der Waals surface area contributed by atoms with Crippen molar-refractivity contribution in [2.45, 2.75) is 85.2 Å². The van der Waals surface area contributed by atoms with Crippen LogP contribution in [-0.2, 0) is 4.74 Å². The van der Waals surface area contributed by atoms with E-state index in [4.69, 9.17) is 4.74 Å². The van der Waals surface area contributed by atoms with Gasteiger partial charge in [0.05, 0.1) is 5.76 Å². The number of rotatable bonds is 4. The van der Waals surface area contributed by atoms with Gasteiger partial charge in [-0.3, -0.25) is 0 Å². The van der Waals surface area contributed by atoms with Crippen LogP contribution in [0.2, 0.25) is 0 Å². The Hall–Kier alpha value is -0.460. The largest absolute Gasteiger partial charge is 0.492 e. The summed E-state index contributed by atoms with van der Waals surface area (Å²) in [6, 6.07) is 0. The van der Waals surface area contributed by atoms with Gasteiger partial charge < -0.3 is 4.74 Å². The summed E-state index contributed by atoms with van der Waals surface area (Å²) in [6.45, 7) is 16.1. The molecular formula is C19H32O. The van der Waals surface area contributed by atoms with Crippen LogP contribution < -0.4 is 0 Å². The molecule has 1 heteroatoms. The molecule has 0 aromatic carbocycles. The third-order valence-electron chi connectivity index (χ3n) is 6.55. The van der Waals surface area contributed by atoms with E-state index in [1.54, 1.807) is 0 Å². The molecule has 2 atom stereocenters. The lowest BCUT2D eigenvalue weighted by molar-refractivity contribution is -0.204. The fraction of sp³-hybridized carbons (Fsp3) is 0.895. The van der Waals surface area contributed by atoms with E-state index < -0.39 is 0 Å². The first-order valence-electron chi connectivity index (χ1n) is 8.48. The summed E-state index contributed by atoms with van der Waals surface area (Å²) in [5.74, 6) is 1.91. The van der Waals surface area contributed by atoms with Crippen molar-refractivity contribution in [2.24, 2.45) is 22.2 Å². The number of ether oxygens (including phenoxy) is 1. The maximum absolute atomic E-state index is 6.64. The topological polar surface area (TPSA) is 9.23 Å². The Balaban J connectivity index is 1.84. The van der Waals surface area contributed by atoms with Crippen LogP contribution in [0.1, 0.15) is 79.6 Å². The van der Waals surface area contributed by atoms with Gasteiger partial charge in [-0.2, -0.15) is 0 Å². The van der Waals surface area contributed by atoms with Gasteiger partial charge in [-0.05, 0) is 61.7 Å². The van der Waals surface area contributed by atoms with E-state index in [1.165, 1.54) is 38.5 Å².